The van der Waals surface area contributed by atoms with Crippen LogP contribution in [-0.2, 0) is 11.0 Å². The van der Waals surface area contributed by atoms with Crippen LogP contribution < -0.4 is 0 Å². The predicted octanol–water partition coefficient (Wildman–Crippen LogP) is 6.50. The summed E-state index contributed by atoms with van der Waals surface area (Å²) in [5.74, 6) is 0. The normalized spacial score (nSPS) is 10.7. The van der Waals surface area contributed by atoms with Gasteiger partial charge in [-0.2, -0.15) is 0 Å². The van der Waals surface area contributed by atoms with E-state index in [0.717, 1.165) is 13.2 Å². The molecule has 0 bridgehead atoms. The zero-order valence-electron chi connectivity index (χ0n) is 15.4. The van der Waals surface area contributed by atoms with Gasteiger partial charge in [0.25, 0.3) is 0 Å². The third kappa shape index (κ3) is 12.3. The molecule has 2 heteroatoms. The second-order valence-electron chi connectivity index (χ2n) is 6.42. The van der Waals surface area contributed by atoms with Crippen molar-refractivity contribution in [1.82, 2.24) is 0 Å². The molecule has 0 aliphatic heterocycles. The fraction of sp³-hybridized carbons (Fsp3) is 0.714. The molecular weight excluding hydrogens is 284 g/mol. The van der Waals surface area contributed by atoms with Crippen LogP contribution in [0.25, 0.3) is 0 Å². The highest BCUT2D eigenvalue weighted by Gasteiger charge is 2.07. The van der Waals surface area contributed by atoms with Crippen LogP contribution in [0.5, 0.6) is 0 Å². The van der Waals surface area contributed by atoms with Crippen molar-refractivity contribution in [2.75, 3.05) is 13.2 Å². The van der Waals surface area contributed by atoms with Gasteiger partial charge in [0.05, 0.1) is 0 Å². The summed E-state index contributed by atoms with van der Waals surface area (Å²) in [4.78, 5) is 0. The summed E-state index contributed by atoms with van der Waals surface area (Å²) >= 11 is 0. The van der Waals surface area contributed by atoms with Gasteiger partial charge in [-0.15, -0.1) is 0 Å². The van der Waals surface area contributed by atoms with E-state index in [1.54, 1.807) is 0 Å². The van der Waals surface area contributed by atoms with Gasteiger partial charge >= 0.3 is 0 Å². The predicted molar refractivity (Wildman–Crippen MR) is 100 cm³/mol. The number of hydrogen-bond donors (Lipinski definition) is 0. The van der Waals surface area contributed by atoms with Crippen LogP contribution in [0.1, 0.15) is 83.6 Å². The summed E-state index contributed by atoms with van der Waals surface area (Å²) < 4.78 is 3.41. The van der Waals surface area contributed by atoms with Gasteiger partial charge in [-0.1, -0.05) is 88.6 Å². The quantitative estimate of drug-likeness (QED) is 0.284. The Hall–Kier alpha value is -0.860. The van der Waals surface area contributed by atoms with Gasteiger partial charge < -0.3 is 9.84 Å². The molecule has 0 aliphatic carbocycles. The summed E-state index contributed by atoms with van der Waals surface area (Å²) in [6.45, 7) is 7.79. The molecule has 0 amide bonds. The molecular formula is C21H38O2. The summed E-state index contributed by atoms with van der Waals surface area (Å²) in [5.41, 5.74) is 1.40. The van der Waals surface area contributed by atoms with Crippen LogP contribution in [0.3, 0.4) is 0 Å². The number of benzene rings is 1. The minimum absolute atomic E-state index is 0. The molecule has 1 aromatic rings. The molecule has 0 heterocycles. The van der Waals surface area contributed by atoms with Crippen LogP contribution in [0.4, 0.5) is 0 Å². The highest BCUT2D eigenvalue weighted by molar-refractivity contribution is 5.13. The third-order valence-electron chi connectivity index (χ3n) is 4.41. The van der Waals surface area contributed by atoms with Crippen molar-refractivity contribution in [3.8, 4) is 0 Å². The minimum atomic E-state index is 0. The second-order valence-corrected chi connectivity index (χ2v) is 6.42. The molecule has 0 fully saturated rings. The first kappa shape index (κ1) is 22.1. The zero-order valence-corrected chi connectivity index (χ0v) is 15.4. The molecule has 0 aliphatic rings. The lowest BCUT2D eigenvalue weighted by molar-refractivity contribution is -0.148. The summed E-state index contributed by atoms with van der Waals surface area (Å²) in [6, 6.07) is 10.8. The average molecular weight is 323 g/mol. The first-order valence-corrected chi connectivity index (χ1v) is 9.54. The zero-order chi connectivity index (χ0) is 15.9. The Morgan fingerprint density at radius 2 is 1.22 bits per heavy atom. The smallest absolute Gasteiger partial charge is 0.172 e. The Bertz CT molecular complexity index is 337. The maximum absolute atomic E-state index is 3.41. The van der Waals surface area contributed by atoms with E-state index in [2.05, 4.69) is 48.5 Å². The first-order valence-electron chi connectivity index (χ1n) is 9.54. The molecule has 0 radical (unpaired) electrons. The van der Waals surface area contributed by atoms with Gasteiger partial charge in [0.2, 0.25) is 0 Å². The number of unbranched alkanes of at least 4 members (excludes halogenated alkanes) is 9. The van der Waals surface area contributed by atoms with Crippen LogP contribution in [-0.4, -0.2) is 18.7 Å². The Morgan fingerprint density at radius 1 is 0.696 bits per heavy atom. The lowest BCUT2D eigenvalue weighted by Crippen LogP contribution is -2.15. The van der Waals surface area contributed by atoms with Gasteiger partial charge in [-0.05, 0) is 6.42 Å². The molecule has 2 nitrogen and oxygen atoms in total. The maximum Gasteiger partial charge on any atom is 0.172 e. The molecule has 0 spiro atoms. The Kier molecular flexibility index (Phi) is 15.4. The summed E-state index contributed by atoms with van der Waals surface area (Å²) in [6.07, 6.45) is 14.1. The molecule has 0 aromatic heterocycles. The fourth-order valence-corrected chi connectivity index (χ4v) is 2.92. The molecule has 134 valence electrons. The van der Waals surface area contributed by atoms with Gasteiger partial charge in [0.15, 0.2) is 6.61 Å². The lowest BCUT2D eigenvalue weighted by atomic mass is 10.1. The Labute approximate surface area is 144 Å². The van der Waals surface area contributed by atoms with Crippen molar-refractivity contribution in [3.05, 3.63) is 35.9 Å². The lowest BCUT2D eigenvalue weighted by Gasteiger charge is -2.17. The maximum atomic E-state index is 3.41. The summed E-state index contributed by atoms with van der Waals surface area (Å²) in [5, 5.41) is 0. The second kappa shape index (κ2) is 16.0. The molecule has 1 aromatic carbocycles. The largest absolute Gasteiger partial charge is 0.870 e. The van der Waals surface area contributed by atoms with Crippen molar-refractivity contribution in [2.24, 2.45) is 0 Å². The molecule has 23 heavy (non-hydrogen) atoms. The van der Waals surface area contributed by atoms with E-state index in [1.165, 1.54) is 76.4 Å². The van der Waals surface area contributed by atoms with Gasteiger partial charge in [-0.3, -0.25) is 0 Å². The third-order valence-corrected chi connectivity index (χ3v) is 4.41. The Morgan fingerprint density at radius 3 is 1.74 bits per heavy atom. The highest BCUT2D eigenvalue weighted by atomic mass is 16.7. The molecule has 1 rings (SSSR count). The van der Waals surface area contributed by atoms with E-state index < -0.39 is 0 Å². The fourth-order valence-electron chi connectivity index (χ4n) is 2.92. The monoisotopic (exact) mass is 322 g/mol. The number of hydrogen-bond acceptors (Lipinski definition) is 1. The van der Waals surface area contributed by atoms with Gasteiger partial charge in [-0.25, -0.2) is 0 Å². The minimum Gasteiger partial charge on any atom is -0.870 e. The van der Waals surface area contributed by atoms with Crippen LogP contribution >= 0.6 is 0 Å². The molecule has 1 N–H and O–H groups in total. The molecule has 0 saturated carbocycles. The molecule has 0 unspecified atom stereocenters. The van der Waals surface area contributed by atoms with Gasteiger partial charge in [0.1, 0.15) is 13.2 Å². The number of rotatable bonds is 14. The van der Waals surface area contributed by atoms with E-state index in [9.17, 15) is 0 Å². The Balaban J connectivity index is 0.00000484. The van der Waals surface area contributed by atoms with Crippen molar-refractivity contribution >= 4 is 0 Å². The van der Waals surface area contributed by atoms with Crippen molar-refractivity contribution in [3.63, 3.8) is 0 Å². The SMILES string of the molecule is CCCCCCCCCCCC[O+](CC)Cc1ccccc1.[OH-]. The van der Waals surface area contributed by atoms with E-state index in [-0.39, 0.29) is 5.48 Å². The van der Waals surface area contributed by atoms with E-state index in [0.29, 0.717) is 0 Å². The van der Waals surface area contributed by atoms with E-state index in [1.807, 2.05) is 0 Å². The highest BCUT2D eigenvalue weighted by Crippen LogP contribution is 2.13. The van der Waals surface area contributed by atoms with Gasteiger partial charge in [0, 0.05) is 18.9 Å². The standard InChI is InChI=1S/C21H37O.H2O/c1-3-5-6-7-8-9-10-11-12-16-19-22(4-2)20-21-17-14-13-15-18-21;/h13-15,17-18H,3-12,16,19-20H2,1-2H3;1H2/q+1;/p-1. The summed E-state index contributed by atoms with van der Waals surface area (Å²) in [7, 11) is 0. The van der Waals surface area contributed by atoms with Crippen LogP contribution in [0.15, 0.2) is 30.3 Å². The van der Waals surface area contributed by atoms with E-state index >= 15 is 0 Å². The van der Waals surface area contributed by atoms with Crippen LogP contribution in [0, 0.1) is 0 Å². The average Bonchev–Trinajstić information content (AvgIpc) is 2.56. The molecule has 0 atom stereocenters. The van der Waals surface area contributed by atoms with E-state index in [4.69, 9.17) is 0 Å². The van der Waals surface area contributed by atoms with Crippen molar-refractivity contribution in [1.29, 1.82) is 0 Å². The van der Waals surface area contributed by atoms with Crippen molar-refractivity contribution < 1.29 is 9.84 Å². The molecule has 0 saturated heterocycles. The van der Waals surface area contributed by atoms with Crippen LogP contribution in [0.2, 0.25) is 0 Å². The topological polar surface area (TPSA) is 32.7 Å². The van der Waals surface area contributed by atoms with Crippen molar-refractivity contribution in [2.45, 2.75) is 84.7 Å². The first-order chi connectivity index (χ1) is 10.9.